The molecular weight excluding hydrogens is 404 g/mol. The van der Waals surface area contributed by atoms with Crippen molar-refractivity contribution in [1.82, 2.24) is 10.2 Å². The molecule has 1 aliphatic heterocycles. The number of carbonyl (C=O) groups is 2. The van der Waals surface area contributed by atoms with E-state index < -0.39 is 17.7 Å². The molecule has 6 heteroatoms. The molecule has 0 bridgehead atoms. The minimum atomic E-state index is -0.685. The number of aryl methyl sites for hydroxylation is 1. The van der Waals surface area contributed by atoms with Gasteiger partial charge >= 0.3 is 0 Å². The quantitative estimate of drug-likeness (QED) is 0.268. The minimum absolute atomic E-state index is 0.00998. The fraction of sp³-hybridized carbons (Fsp3) is 0.385. The van der Waals surface area contributed by atoms with E-state index in [0.29, 0.717) is 18.7 Å². The zero-order valence-electron chi connectivity index (χ0n) is 19.2. The van der Waals surface area contributed by atoms with E-state index in [2.05, 4.69) is 26.1 Å². The highest BCUT2D eigenvalue weighted by atomic mass is 16.3. The van der Waals surface area contributed by atoms with Crippen LogP contribution in [0, 0.1) is 6.92 Å². The van der Waals surface area contributed by atoms with Gasteiger partial charge < -0.3 is 20.4 Å². The number of hydrogen-bond donors (Lipinski definition) is 3. The van der Waals surface area contributed by atoms with Crippen LogP contribution in [0.25, 0.3) is 5.76 Å². The van der Waals surface area contributed by atoms with Crippen LogP contribution in [0.2, 0.25) is 0 Å². The highest BCUT2D eigenvalue weighted by Gasteiger charge is 2.45. The average Bonchev–Trinajstić information content (AvgIpc) is 3.01. The second kappa shape index (κ2) is 9.67. The summed E-state index contributed by atoms with van der Waals surface area (Å²) in [4.78, 5) is 27.5. The number of ketones is 1. The molecule has 2 aromatic rings. The molecule has 3 N–H and O–H groups in total. The summed E-state index contributed by atoms with van der Waals surface area (Å²) in [6.07, 6.45) is 0. The maximum Gasteiger partial charge on any atom is 0.295 e. The lowest BCUT2D eigenvalue weighted by Gasteiger charge is -2.26. The number of aliphatic hydroxyl groups excluding tert-OH is 2. The molecule has 170 valence electrons. The molecule has 1 atom stereocenters. The van der Waals surface area contributed by atoms with Gasteiger partial charge in [-0.25, -0.2) is 0 Å². The van der Waals surface area contributed by atoms with Crippen LogP contribution in [0.5, 0.6) is 0 Å². The van der Waals surface area contributed by atoms with Crippen LogP contribution >= 0.6 is 0 Å². The Morgan fingerprint density at radius 1 is 1.00 bits per heavy atom. The Morgan fingerprint density at radius 2 is 1.62 bits per heavy atom. The highest BCUT2D eigenvalue weighted by Crippen LogP contribution is 2.39. The number of aliphatic hydroxyl groups is 2. The van der Waals surface area contributed by atoms with Gasteiger partial charge in [0.15, 0.2) is 0 Å². The molecule has 3 rings (SSSR count). The van der Waals surface area contributed by atoms with Crippen molar-refractivity contribution in [2.75, 3.05) is 26.2 Å². The largest absolute Gasteiger partial charge is 0.507 e. The van der Waals surface area contributed by atoms with Crippen molar-refractivity contribution in [2.45, 2.75) is 39.2 Å². The van der Waals surface area contributed by atoms with E-state index in [4.69, 9.17) is 5.11 Å². The van der Waals surface area contributed by atoms with E-state index in [9.17, 15) is 14.7 Å². The third kappa shape index (κ3) is 4.92. The normalized spacial score (nSPS) is 18.4. The Labute approximate surface area is 189 Å². The first-order chi connectivity index (χ1) is 15.1. The van der Waals surface area contributed by atoms with Gasteiger partial charge in [-0.15, -0.1) is 0 Å². The summed E-state index contributed by atoms with van der Waals surface area (Å²) in [5.41, 5.74) is 3.52. The third-order valence-corrected chi connectivity index (χ3v) is 5.78. The molecule has 1 heterocycles. The second-order valence-corrected chi connectivity index (χ2v) is 9.20. The van der Waals surface area contributed by atoms with Crippen LogP contribution in [-0.4, -0.2) is 53.0 Å². The van der Waals surface area contributed by atoms with Gasteiger partial charge in [0.05, 0.1) is 18.2 Å². The van der Waals surface area contributed by atoms with Crippen LogP contribution in [0.15, 0.2) is 54.1 Å². The van der Waals surface area contributed by atoms with Crippen LogP contribution < -0.4 is 5.32 Å². The van der Waals surface area contributed by atoms with Crippen molar-refractivity contribution in [3.8, 4) is 0 Å². The Bertz CT molecular complexity index is 1000. The topological polar surface area (TPSA) is 89.9 Å². The predicted octanol–water partition coefficient (Wildman–Crippen LogP) is 3.30. The molecule has 2 aromatic carbocycles. The maximum absolute atomic E-state index is 13.0. The van der Waals surface area contributed by atoms with Gasteiger partial charge in [0, 0.05) is 25.2 Å². The van der Waals surface area contributed by atoms with Crippen molar-refractivity contribution in [1.29, 1.82) is 0 Å². The lowest BCUT2D eigenvalue weighted by molar-refractivity contribution is -0.139. The highest BCUT2D eigenvalue weighted by molar-refractivity contribution is 6.46. The molecule has 1 fully saturated rings. The van der Waals surface area contributed by atoms with Crippen molar-refractivity contribution in [2.24, 2.45) is 0 Å². The number of likely N-dealkylation sites (tertiary alicyclic amines) is 1. The first-order valence-electron chi connectivity index (χ1n) is 10.9. The van der Waals surface area contributed by atoms with E-state index in [1.165, 1.54) is 4.90 Å². The molecule has 0 saturated carbocycles. The van der Waals surface area contributed by atoms with Crippen molar-refractivity contribution >= 4 is 17.4 Å². The van der Waals surface area contributed by atoms with Gasteiger partial charge in [-0.3, -0.25) is 9.59 Å². The number of Topliss-reactive ketones (excluding diaryl/α,β-unsaturated/α-hetero) is 1. The molecule has 0 radical (unpaired) electrons. The summed E-state index contributed by atoms with van der Waals surface area (Å²) in [7, 11) is 0. The van der Waals surface area contributed by atoms with Crippen molar-refractivity contribution < 1.29 is 19.8 Å². The number of nitrogens with one attached hydrogen (secondary N) is 1. The van der Waals surface area contributed by atoms with Gasteiger partial charge in [0.2, 0.25) is 0 Å². The number of benzene rings is 2. The maximum atomic E-state index is 13.0. The molecular formula is C26H32N2O4. The number of carbonyl (C=O) groups excluding carboxylic acids is 2. The predicted molar refractivity (Wildman–Crippen MR) is 125 cm³/mol. The lowest BCUT2D eigenvalue weighted by atomic mass is 9.85. The van der Waals surface area contributed by atoms with Crippen molar-refractivity contribution in [3.05, 3.63) is 76.4 Å². The molecule has 1 aliphatic rings. The summed E-state index contributed by atoms with van der Waals surface area (Å²) in [6.45, 7) is 9.41. The van der Waals surface area contributed by atoms with Crippen LogP contribution in [-0.2, 0) is 15.0 Å². The monoisotopic (exact) mass is 436 g/mol. The number of hydrogen-bond acceptors (Lipinski definition) is 5. The molecule has 32 heavy (non-hydrogen) atoms. The van der Waals surface area contributed by atoms with E-state index in [1.54, 1.807) is 12.1 Å². The summed E-state index contributed by atoms with van der Waals surface area (Å²) in [5.74, 6) is -1.48. The molecule has 1 amide bonds. The Morgan fingerprint density at radius 3 is 2.19 bits per heavy atom. The molecule has 0 unspecified atom stereocenters. The molecule has 0 aliphatic carbocycles. The second-order valence-electron chi connectivity index (χ2n) is 9.20. The zero-order valence-corrected chi connectivity index (χ0v) is 19.2. The van der Waals surface area contributed by atoms with E-state index >= 15 is 0 Å². The molecule has 1 saturated heterocycles. The van der Waals surface area contributed by atoms with Gasteiger partial charge in [-0.2, -0.15) is 0 Å². The number of amides is 1. The molecule has 0 spiro atoms. The van der Waals surface area contributed by atoms with Crippen molar-refractivity contribution in [3.63, 3.8) is 0 Å². The standard InChI is InChI=1S/C26H32N2O4/c1-17-5-7-19(8-6-17)23(30)21-22(18-9-11-20(12-10-18)26(2,3)4)28(25(32)24(21)31)15-13-27-14-16-29/h5-12,22,27,29-30H,13-16H2,1-4H3/t22-/m0/s1. The van der Waals surface area contributed by atoms with Crippen LogP contribution in [0.1, 0.15) is 49.1 Å². The lowest BCUT2D eigenvalue weighted by Crippen LogP contribution is -2.36. The fourth-order valence-corrected chi connectivity index (χ4v) is 3.89. The first kappa shape index (κ1) is 23.7. The minimum Gasteiger partial charge on any atom is -0.507 e. The fourth-order valence-electron chi connectivity index (χ4n) is 3.89. The van der Waals surface area contributed by atoms with E-state index in [0.717, 1.165) is 16.7 Å². The Hall–Kier alpha value is -2.96. The molecule has 6 nitrogen and oxygen atoms in total. The summed E-state index contributed by atoms with van der Waals surface area (Å²) >= 11 is 0. The zero-order chi connectivity index (χ0) is 23.5. The smallest absolute Gasteiger partial charge is 0.295 e. The molecule has 0 aromatic heterocycles. The summed E-state index contributed by atoms with van der Waals surface area (Å²) < 4.78 is 0. The average molecular weight is 437 g/mol. The van der Waals surface area contributed by atoms with Gasteiger partial charge in [0.1, 0.15) is 5.76 Å². The SMILES string of the molecule is Cc1ccc(C(O)=C2C(=O)C(=O)N(CCNCCO)[C@H]2c2ccc(C(C)(C)C)cc2)cc1. The third-order valence-electron chi connectivity index (χ3n) is 5.78. The Kier molecular flexibility index (Phi) is 7.16. The van der Waals surface area contributed by atoms with E-state index in [1.807, 2.05) is 43.3 Å². The number of rotatable bonds is 7. The Balaban J connectivity index is 2.07. The first-order valence-corrected chi connectivity index (χ1v) is 10.9. The summed E-state index contributed by atoms with van der Waals surface area (Å²) in [6, 6.07) is 14.4. The van der Waals surface area contributed by atoms with E-state index in [-0.39, 0.29) is 29.9 Å². The van der Waals surface area contributed by atoms with Gasteiger partial charge in [0.25, 0.3) is 11.7 Å². The van der Waals surface area contributed by atoms with Gasteiger partial charge in [-0.05, 0) is 23.5 Å². The van der Waals surface area contributed by atoms with Gasteiger partial charge in [-0.1, -0.05) is 74.9 Å². The number of nitrogens with zero attached hydrogens (tertiary/aromatic N) is 1. The van der Waals surface area contributed by atoms with Crippen LogP contribution in [0.4, 0.5) is 0 Å². The van der Waals surface area contributed by atoms with Crippen LogP contribution in [0.3, 0.4) is 0 Å². The summed E-state index contributed by atoms with van der Waals surface area (Å²) in [5, 5.41) is 23.1.